The number of amides is 2. The van der Waals surface area contributed by atoms with E-state index in [1.807, 2.05) is 6.07 Å². The van der Waals surface area contributed by atoms with E-state index in [4.69, 9.17) is 0 Å². The first kappa shape index (κ1) is 21.8. The van der Waals surface area contributed by atoms with Crippen molar-refractivity contribution in [2.24, 2.45) is 17.3 Å². The molecule has 0 saturated heterocycles. The summed E-state index contributed by atoms with van der Waals surface area (Å²) in [6.45, 7) is 1.69. The predicted octanol–water partition coefficient (Wildman–Crippen LogP) is 4.70. The van der Waals surface area contributed by atoms with Gasteiger partial charge < -0.3 is 10.2 Å². The maximum atomic E-state index is 13.1. The Balaban J connectivity index is 1.50. The molecule has 2 aromatic rings. The van der Waals surface area contributed by atoms with Crippen LogP contribution in [0.25, 0.3) is 5.52 Å². The summed E-state index contributed by atoms with van der Waals surface area (Å²) in [6.07, 6.45) is 10.8. The smallest absolute Gasteiger partial charge is 0.274 e. The summed E-state index contributed by atoms with van der Waals surface area (Å²) in [4.78, 5) is 26.9. The van der Waals surface area contributed by atoms with Gasteiger partial charge in [0.05, 0.1) is 11.2 Å². The predicted molar refractivity (Wildman–Crippen MR) is 119 cm³/mol. The van der Waals surface area contributed by atoms with Crippen LogP contribution in [0.3, 0.4) is 0 Å². The number of rotatable bonds is 7. The van der Waals surface area contributed by atoms with Crippen molar-refractivity contribution < 1.29 is 14.0 Å². The van der Waals surface area contributed by atoms with E-state index >= 15 is 0 Å². The first-order valence-corrected chi connectivity index (χ1v) is 11.5. The minimum Gasteiger partial charge on any atom is -0.338 e. The molecule has 0 aliphatic heterocycles. The molecule has 2 heterocycles. The number of carbonyl (C=O) groups is 2. The van der Waals surface area contributed by atoms with Gasteiger partial charge in [-0.2, -0.15) is 5.10 Å². The lowest BCUT2D eigenvalue weighted by Gasteiger charge is -2.48. The SMILES string of the molecule is CCC1CC2CCCC(CC(=O)Nc3cccn4nc(C(=O)N(C)CCF)cc34)(C1)C2. The third kappa shape index (κ3) is 4.60. The van der Waals surface area contributed by atoms with Crippen molar-refractivity contribution in [3.63, 3.8) is 0 Å². The van der Waals surface area contributed by atoms with Crippen molar-refractivity contribution >= 4 is 23.0 Å². The highest BCUT2D eigenvalue weighted by molar-refractivity contribution is 5.98. The number of carbonyl (C=O) groups excluding carboxylic acids is 2. The van der Waals surface area contributed by atoms with Crippen LogP contribution in [0.1, 0.15) is 68.8 Å². The minimum atomic E-state index is -0.599. The molecule has 1 N–H and O–H groups in total. The van der Waals surface area contributed by atoms with Gasteiger partial charge in [-0.15, -0.1) is 0 Å². The Morgan fingerprint density at radius 1 is 1.39 bits per heavy atom. The highest BCUT2D eigenvalue weighted by Gasteiger charge is 2.43. The first-order chi connectivity index (χ1) is 14.9. The molecule has 4 rings (SSSR count). The number of fused-ring (bicyclic) bond motifs is 3. The average molecular weight is 429 g/mol. The summed E-state index contributed by atoms with van der Waals surface area (Å²) < 4.78 is 14.2. The molecule has 3 unspecified atom stereocenters. The fourth-order valence-corrected chi connectivity index (χ4v) is 5.86. The molecular formula is C24H33FN4O2. The van der Waals surface area contributed by atoms with E-state index in [-0.39, 0.29) is 29.5 Å². The van der Waals surface area contributed by atoms with Gasteiger partial charge in [0, 0.05) is 26.2 Å². The minimum absolute atomic E-state index is 0.0259. The molecule has 168 valence electrons. The van der Waals surface area contributed by atoms with Crippen LogP contribution in [0, 0.1) is 17.3 Å². The Bertz CT molecular complexity index is 958. The van der Waals surface area contributed by atoms with Crippen LogP contribution in [-0.4, -0.2) is 46.6 Å². The van der Waals surface area contributed by atoms with Crippen LogP contribution in [0.15, 0.2) is 24.4 Å². The zero-order valence-corrected chi connectivity index (χ0v) is 18.6. The van der Waals surface area contributed by atoms with E-state index in [1.54, 1.807) is 29.9 Å². The van der Waals surface area contributed by atoms with E-state index in [2.05, 4.69) is 17.3 Å². The molecule has 0 spiro atoms. The summed E-state index contributed by atoms with van der Waals surface area (Å²) in [7, 11) is 1.55. The Morgan fingerprint density at radius 3 is 3.00 bits per heavy atom. The van der Waals surface area contributed by atoms with Gasteiger partial charge in [-0.05, 0) is 61.1 Å². The zero-order valence-electron chi connectivity index (χ0n) is 18.6. The number of pyridine rings is 1. The standard InChI is InChI=1S/C24H33FN4O2/c1-3-17-12-18-6-4-8-24(14-17,15-18)16-22(30)26-19-7-5-10-29-21(19)13-20(27-29)23(31)28(2)11-9-25/h5,7,10,13,17-18H,3-4,6,8-9,11-12,14-16H2,1-2H3,(H,26,30). The molecular weight excluding hydrogens is 395 g/mol. The van der Waals surface area contributed by atoms with Crippen LogP contribution in [-0.2, 0) is 4.79 Å². The van der Waals surface area contributed by atoms with Crippen molar-refractivity contribution in [2.75, 3.05) is 25.6 Å². The Morgan fingerprint density at radius 2 is 2.23 bits per heavy atom. The lowest BCUT2D eigenvalue weighted by Crippen LogP contribution is -2.39. The van der Waals surface area contributed by atoms with Gasteiger partial charge >= 0.3 is 0 Å². The van der Waals surface area contributed by atoms with Crippen LogP contribution in [0.2, 0.25) is 0 Å². The van der Waals surface area contributed by atoms with Gasteiger partial charge in [-0.3, -0.25) is 9.59 Å². The number of hydrogen-bond donors (Lipinski definition) is 1. The highest BCUT2D eigenvalue weighted by atomic mass is 19.1. The number of anilines is 1. The third-order valence-electron chi connectivity index (χ3n) is 7.30. The molecule has 7 heteroatoms. The second-order valence-corrected chi connectivity index (χ2v) is 9.60. The van der Waals surface area contributed by atoms with Gasteiger partial charge in [-0.1, -0.05) is 26.2 Å². The van der Waals surface area contributed by atoms with Crippen molar-refractivity contribution in [1.82, 2.24) is 14.5 Å². The largest absolute Gasteiger partial charge is 0.338 e. The monoisotopic (exact) mass is 428 g/mol. The molecule has 2 saturated carbocycles. The topological polar surface area (TPSA) is 66.7 Å². The molecule has 6 nitrogen and oxygen atoms in total. The Labute approximate surface area is 183 Å². The summed E-state index contributed by atoms with van der Waals surface area (Å²) in [5.41, 5.74) is 1.69. The van der Waals surface area contributed by atoms with E-state index < -0.39 is 6.67 Å². The molecule has 0 aromatic carbocycles. The average Bonchev–Trinajstić information content (AvgIpc) is 3.18. The number of halogens is 1. The summed E-state index contributed by atoms with van der Waals surface area (Å²) in [5.74, 6) is 1.21. The molecule has 2 bridgehead atoms. The molecule has 2 aromatic heterocycles. The number of nitrogens with one attached hydrogen (secondary N) is 1. The van der Waals surface area contributed by atoms with Crippen LogP contribution in [0.5, 0.6) is 0 Å². The van der Waals surface area contributed by atoms with Crippen molar-refractivity contribution in [2.45, 2.75) is 58.3 Å². The molecule has 2 aliphatic carbocycles. The maximum Gasteiger partial charge on any atom is 0.274 e. The summed E-state index contributed by atoms with van der Waals surface area (Å²) >= 11 is 0. The van der Waals surface area contributed by atoms with Crippen LogP contribution in [0.4, 0.5) is 10.1 Å². The molecule has 2 aliphatic rings. The van der Waals surface area contributed by atoms with E-state index in [1.165, 1.54) is 37.0 Å². The summed E-state index contributed by atoms with van der Waals surface area (Å²) in [6, 6.07) is 5.30. The van der Waals surface area contributed by atoms with E-state index in [0.717, 1.165) is 24.7 Å². The number of aromatic nitrogens is 2. The van der Waals surface area contributed by atoms with Crippen molar-refractivity contribution in [3.05, 3.63) is 30.1 Å². The van der Waals surface area contributed by atoms with Crippen LogP contribution >= 0.6 is 0 Å². The lowest BCUT2D eigenvalue weighted by atomic mass is 9.57. The highest BCUT2D eigenvalue weighted by Crippen LogP contribution is 2.53. The van der Waals surface area contributed by atoms with Crippen molar-refractivity contribution in [3.8, 4) is 0 Å². The van der Waals surface area contributed by atoms with Gasteiger partial charge in [0.2, 0.25) is 5.91 Å². The first-order valence-electron chi connectivity index (χ1n) is 11.5. The maximum absolute atomic E-state index is 13.1. The second-order valence-electron chi connectivity index (χ2n) is 9.60. The van der Waals surface area contributed by atoms with Crippen molar-refractivity contribution in [1.29, 1.82) is 0 Å². The van der Waals surface area contributed by atoms with Gasteiger partial charge in [0.15, 0.2) is 5.69 Å². The Kier molecular flexibility index (Phi) is 6.30. The van der Waals surface area contributed by atoms with Gasteiger partial charge in [0.1, 0.15) is 6.67 Å². The quantitative estimate of drug-likeness (QED) is 0.695. The third-order valence-corrected chi connectivity index (χ3v) is 7.30. The molecule has 3 atom stereocenters. The number of alkyl halides is 1. The molecule has 31 heavy (non-hydrogen) atoms. The Hall–Kier alpha value is -2.44. The number of hydrogen-bond acceptors (Lipinski definition) is 3. The van der Waals surface area contributed by atoms with E-state index in [0.29, 0.717) is 17.6 Å². The van der Waals surface area contributed by atoms with E-state index in [9.17, 15) is 14.0 Å². The van der Waals surface area contributed by atoms with Gasteiger partial charge in [0.25, 0.3) is 5.91 Å². The fraction of sp³-hybridized carbons (Fsp3) is 0.625. The van der Waals surface area contributed by atoms with Crippen LogP contribution < -0.4 is 5.32 Å². The molecule has 2 fully saturated rings. The van der Waals surface area contributed by atoms with Gasteiger partial charge in [-0.25, -0.2) is 8.91 Å². The molecule has 0 radical (unpaired) electrons. The second kappa shape index (κ2) is 8.97. The normalized spacial score (nSPS) is 25.4. The fourth-order valence-electron chi connectivity index (χ4n) is 5.86. The summed E-state index contributed by atoms with van der Waals surface area (Å²) in [5, 5.41) is 7.41. The lowest BCUT2D eigenvalue weighted by molar-refractivity contribution is -0.120. The number of nitrogens with zero attached hydrogens (tertiary/aromatic N) is 3. The molecule has 2 amide bonds. The zero-order chi connectivity index (χ0) is 22.0.